The molecule has 7 nitrogen and oxygen atoms in total. The van der Waals surface area contributed by atoms with Crippen molar-refractivity contribution in [3.05, 3.63) is 110 Å². The average Bonchev–Trinajstić information content (AvgIpc) is 3.05. The number of hydrogen-bond donors (Lipinski definition) is 1. The van der Waals surface area contributed by atoms with Gasteiger partial charge in [-0.1, -0.05) is 45.8 Å². The van der Waals surface area contributed by atoms with Crippen molar-refractivity contribution in [1.82, 2.24) is 0 Å². The molecule has 32 heavy (non-hydrogen) atoms. The summed E-state index contributed by atoms with van der Waals surface area (Å²) in [6.07, 6.45) is 0. The summed E-state index contributed by atoms with van der Waals surface area (Å²) in [5.41, 5.74) is 2.14. The zero-order chi connectivity index (χ0) is 23.0. The third-order valence-corrected chi connectivity index (χ3v) is 5.82. The van der Waals surface area contributed by atoms with Crippen molar-refractivity contribution in [3.8, 4) is 0 Å². The van der Waals surface area contributed by atoms with Crippen molar-refractivity contribution in [2.75, 3.05) is 4.90 Å². The zero-order valence-electron chi connectivity index (χ0n) is 16.9. The van der Waals surface area contributed by atoms with Crippen LogP contribution < -0.4 is 4.90 Å². The van der Waals surface area contributed by atoms with Gasteiger partial charge in [-0.05, 0) is 48.9 Å². The standard InChI is InChI=1S/C24H17BrN2O5/c1-14-2-10-18(11-3-14)26-21(15-4-8-17(25)9-5-15)20(23(29)24(26)30)22(28)16-6-12-19(13-7-16)27(31)32/h2-13,21,28H,1H3. The number of non-ortho nitro benzene ring substituents is 1. The van der Waals surface area contributed by atoms with Crippen LogP contribution in [0.3, 0.4) is 0 Å². The second kappa shape index (κ2) is 8.39. The van der Waals surface area contributed by atoms with Crippen LogP contribution >= 0.6 is 15.9 Å². The number of carbonyl (C=O) groups is 2. The van der Waals surface area contributed by atoms with Gasteiger partial charge in [0.1, 0.15) is 5.76 Å². The minimum atomic E-state index is -0.860. The number of aliphatic hydroxyl groups is 1. The fraction of sp³-hybridized carbons (Fsp3) is 0.0833. The molecule has 0 bridgehead atoms. The molecule has 1 amide bonds. The number of nitro benzene ring substituents is 1. The van der Waals surface area contributed by atoms with E-state index in [1.165, 1.54) is 29.2 Å². The van der Waals surface area contributed by atoms with Gasteiger partial charge in [-0.25, -0.2) is 0 Å². The first-order chi connectivity index (χ1) is 15.3. The van der Waals surface area contributed by atoms with E-state index in [0.717, 1.165) is 10.0 Å². The first-order valence-corrected chi connectivity index (χ1v) is 10.4. The number of carbonyl (C=O) groups excluding carboxylic acids is 2. The fourth-order valence-corrected chi connectivity index (χ4v) is 3.93. The van der Waals surface area contributed by atoms with Gasteiger partial charge in [0.2, 0.25) is 0 Å². The number of hydrogen-bond acceptors (Lipinski definition) is 5. The predicted molar refractivity (Wildman–Crippen MR) is 123 cm³/mol. The lowest BCUT2D eigenvalue weighted by Crippen LogP contribution is -2.29. The molecule has 8 heteroatoms. The van der Waals surface area contributed by atoms with Crippen LogP contribution in [0.15, 0.2) is 82.8 Å². The normalized spacial score (nSPS) is 17.6. The molecule has 1 aliphatic rings. The van der Waals surface area contributed by atoms with Crippen molar-refractivity contribution in [3.63, 3.8) is 0 Å². The Morgan fingerprint density at radius 1 is 0.969 bits per heavy atom. The Hall–Kier alpha value is -3.78. The summed E-state index contributed by atoms with van der Waals surface area (Å²) in [5.74, 6) is -1.97. The Balaban J connectivity index is 1.90. The Morgan fingerprint density at radius 3 is 2.12 bits per heavy atom. The van der Waals surface area contributed by atoms with Gasteiger partial charge in [0.25, 0.3) is 17.4 Å². The minimum Gasteiger partial charge on any atom is -0.507 e. The highest BCUT2D eigenvalue weighted by Crippen LogP contribution is 2.42. The molecule has 0 aromatic heterocycles. The molecule has 0 aliphatic carbocycles. The maximum absolute atomic E-state index is 13.1. The molecule has 0 spiro atoms. The molecule has 1 heterocycles. The molecule has 1 saturated heterocycles. The number of aliphatic hydroxyl groups excluding tert-OH is 1. The van der Waals surface area contributed by atoms with E-state index in [9.17, 15) is 24.8 Å². The molecular formula is C24H17BrN2O5. The first kappa shape index (κ1) is 21.5. The van der Waals surface area contributed by atoms with Crippen LogP contribution in [0.4, 0.5) is 11.4 Å². The Kier molecular flexibility index (Phi) is 5.63. The van der Waals surface area contributed by atoms with E-state index >= 15 is 0 Å². The molecule has 3 aromatic rings. The van der Waals surface area contributed by atoms with E-state index in [0.29, 0.717) is 11.3 Å². The van der Waals surface area contributed by atoms with E-state index in [1.807, 2.05) is 19.1 Å². The molecule has 160 valence electrons. The van der Waals surface area contributed by atoms with Crippen molar-refractivity contribution in [2.45, 2.75) is 13.0 Å². The number of nitrogens with zero attached hydrogens (tertiary/aromatic N) is 2. The third-order valence-electron chi connectivity index (χ3n) is 5.29. The smallest absolute Gasteiger partial charge is 0.300 e. The SMILES string of the molecule is Cc1ccc(N2C(=O)C(=O)C(=C(O)c3ccc([N+](=O)[O-])cc3)C2c2ccc(Br)cc2)cc1. The third kappa shape index (κ3) is 3.80. The number of halogens is 1. The van der Waals surface area contributed by atoms with Crippen LogP contribution in [0.5, 0.6) is 0 Å². The van der Waals surface area contributed by atoms with Gasteiger partial charge < -0.3 is 5.11 Å². The molecule has 1 atom stereocenters. The summed E-state index contributed by atoms with van der Waals surface area (Å²) in [4.78, 5) is 37.9. The lowest BCUT2D eigenvalue weighted by atomic mass is 9.95. The number of amides is 1. The van der Waals surface area contributed by atoms with Crippen LogP contribution in [0, 0.1) is 17.0 Å². The van der Waals surface area contributed by atoms with Gasteiger partial charge in [0, 0.05) is 27.9 Å². The Bertz CT molecular complexity index is 1250. The summed E-state index contributed by atoms with van der Waals surface area (Å²) in [7, 11) is 0. The van der Waals surface area contributed by atoms with Crippen LogP contribution in [0.2, 0.25) is 0 Å². The van der Waals surface area contributed by atoms with E-state index in [4.69, 9.17) is 0 Å². The molecular weight excluding hydrogens is 476 g/mol. The average molecular weight is 493 g/mol. The fourth-order valence-electron chi connectivity index (χ4n) is 3.66. The summed E-state index contributed by atoms with van der Waals surface area (Å²) in [6, 6.07) is 18.6. The molecule has 1 N–H and O–H groups in total. The van der Waals surface area contributed by atoms with Gasteiger partial charge in [-0.2, -0.15) is 0 Å². The number of benzene rings is 3. The number of Topliss-reactive ketones (excluding diaryl/α,β-unsaturated/α-hetero) is 1. The predicted octanol–water partition coefficient (Wildman–Crippen LogP) is 5.29. The largest absolute Gasteiger partial charge is 0.507 e. The van der Waals surface area contributed by atoms with Crippen molar-refractivity contribution >= 4 is 44.8 Å². The van der Waals surface area contributed by atoms with E-state index < -0.39 is 22.7 Å². The lowest BCUT2D eigenvalue weighted by Gasteiger charge is -2.25. The highest BCUT2D eigenvalue weighted by atomic mass is 79.9. The Morgan fingerprint density at radius 2 is 1.56 bits per heavy atom. The van der Waals surface area contributed by atoms with Gasteiger partial charge >= 0.3 is 0 Å². The zero-order valence-corrected chi connectivity index (χ0v) is 18.4. The number of ketones is 1. The second-order valence-electron chi connectivity index (χ2n) is 7.36. The van der Waals surface area contributed by atoms with Gasteiger partial charge in [-0.3, -0.25) is 24.6 Å². The monoisotopic (exact) mass is 492 g/mol. The molecule has 0 radical (unpaired) electrons. The van der Waals surface area contributed by atoms with Crippen molar-refractivity contribution < 1.29 is 19.6 Å². The Labute approximate surface area is 191 Å². The van der Waals surface area contributed by atoms with Gasteiger partial charge in [0.05, 0.1) is 16.5 Å². The van der Waals surface area contributed by atoms with Gasteiger partial charge in [0.15, 0.2) is 0 Å². The minimum absolute atomic E-state index is 0.0771. The lowest BCUT2D eigenvalue weighted by molar-refractivity contribution is -0.384. The van der Waals surface area contributed by atoms with Gasteiger partial charge in [-0.15, -0.1) is 0 Å². The van der Waals surface area contributed by atoms with Crippen LogP contribution in [0.1, 0.15) is 22.7 Å². The summed E-state index contributed by atoms with van der Waals surface area (Å²) < 4.78 is 0.823. The number of anilines is 1. The summed E-state index contributed by atoms with van der Waals surface area (Å²) in [6.45, 7) is 1.92. The topological polar surface area (TPSA) is 101 Å². The van der Waals surface area contributed by atoms with E-state index in [2.05, 4.69) is 15.9 Å². The molecule has 1 unspecified atom stereocenters. The van der Waals surface area contributed by atoms with Crippen LogP contribution in [0.25, 0.3) is 5.76 Å². The second-order valence-corrected chi connectivity index (χ2v) is 8.28. The molecule has 0 saturated carbocycles. The molecule has 3 aromatic carbocycles. The van der Waals surface area contributed by atoms with E-state index in [-0.39, 0.29) is 22.6 Å². The number of nitro groups is 1. The van der Waals surface area contributed by atoms with Crippen molar-refractivity contribution in [1.29, 1.82) is 0 Å². The molecule has 1 fully saturated rings. The summed E-state index contributed by atoms with van der Waals surface area (Å²) >= 11 is 3.38. The summed E-state index contributed by atoms with van der Waals surface area (Å²) in [5, 5.41) is 22.0. The highest BCUT2D eigenvalue weighted by Gasteiger charge is 2.46. The molecule has 1 aliphatic heterocycles. The number of aryl methyl sites for hydroxylation is 1. The number of rotatable bonds is 4. The highest BCUT2D eigenvalue weighted by molar-refractivity contribution is 9.10. The first-order valence-electron chi connectivity index (χ1n) is 9.66. The van der Waals surface area contributed by atoms with Crippen LogP contribution in [-0.4, -0.2) is 21.7 Å². The maximum atomic E-state index is 13.1. The van der Waals surface area contributed by atoms with E-state index in [1.54, 1.807) is 36.4 Å². The van der Waals surface area contributed by atoms with Crippen molar-refractivity contribution in [2.24, 2.45) is 0 Å². The quantitative estimate of drug-likeness (QED) is 0.175. The van der Waals surface area contributed by atoms with Crippen LogP contribution in [-0.2, 0) is 9.59 Å². The molecule has 4 rings (SSSR count). The maximum Gasteiger partial charge on any atom is 0.300 e.